The molecule has 1 aliphatic carbocycles. The number of nitrogens with one attached hydrogen (secondary N) is 1. The summed E-state index contributed by atoms with van der Waals surface area (Å²) in [6, 6.07) is 0.302. The molecular formula is C8H15NO2. The van der Waals surface area contributed by atoms with Gasteiger partial charge in [-0.05, 0) is 25.7 Å². The van der Waals surface area contributed by atoms with Gasteiger partial charge in [0.15, 0.2) is 0 Å². The Hall–Kier alpha value is -0.570. The molecule has 64 valence electrons. The zero-order valence-corrected chi connectivity index (χ0v) is 6.84. The predicted molar refractivity (Wildman–Crippen MR) is 42.1 cm³/mol. The van der Waals surface area contributed by atoms with Crippen LogP contribution in [0.4, 0.5) is 0 Å². The Bertz CT molecular complexity index is 139. The fraction of sp³-hybridized carbons (Fsp3) is 0.875. The molecule has 0 spiro atoms. The zero-order chi connectivity index (χ0) is 8.27. The monoisotopic (exact) mass is 157 g/mol. The van der Waals surface area contributed by atoms with Crippen molar-refractivity contribution >= 4 is 5.91 Å². The average Bonchev–Trinajstić information content (AvgIpc) is 1.93. The van der Waals surface area contributed by atoms with Crippen LogP contribution in [-0.2, 0) is 4.79 Å². The fourth-order valence-corrected chi connectivity index (χ4v) is 1.51. The van der Waals surface area contributed by atoms with E-state index in [9.17, 15) is 4.79 Å². The maximum atomic E-state index is 10.6. The van der Waals surface area contributed by atoms with Crippen LogP contribution in [0.5, 0.6) is 0 Å². The van der Waals surface area contributed by atoms with E-state index >= 15 is 0 Å². The van der Waals surface area contributed by atoms with Crippen LogP contribution < -0.4 is 5.32 Å². The summed E-state index contributed by atoms with van der Waals surface area (Å²) < 4.78 is 0. The third kappa shape index (κ3) is 2.89. The molecule has 0 unspecified atom stereocenters. The maximum Gasteiger partial charge on any atom is 0.217 e. The summed E-state index contributed by atoms with van der Waals surface area (Å²) >= 11 is 0. The Morgan fingerprint density at radius 2 is 1.91 bits per heavy atom. The molecule has 1 saturated carbocycles. The van der Waals surface area contributed by atoms with E-state index < -0.39 is 0 Å². The number of amides is 1. The first-order chi connectivity index (χ1) is 5.18. The minimum absolute atomic E-state index is 0.0337. The molecule has 0 bridgehead atoms. The summed E-state index contributed by atoms with van der Waals surface area (Å²) in [5.41, 5.74) is 0. The molecule has 0 saturated heterocycles. The lowest BCUT2D eigenvalue weighted by molar-refractivity contribution is -0.120. The molecule has 1 fully saturated rings. The Kier molecular flexibility index (Phi) is 2.88. The van der Waals surface area contributed by atoms with Crippen LogP contribution in [0, 0.1) is 0 Å². The van der Waals surface area contributed by atoms with Crippen molar-refractivity contribution in [2.24, 2.45) is 0 Å². The Morgan fingerprint density at radius 1 is 1.36 bits per heavy atom. The van der Waals surface area contributed by atoms with Crippen molar-refractivity contribution < 1.29 is 9.90 Å². The first kappa shape index (κ1) is 8.53. The zero-order valence-electron chi connectivity index (χ0n) is 6.84. The van der Waals surface area contributed by atoms with Crippen LogP contribution in [0.15, 0.2) is 0 Å². The molecule has 0 atom stereocenters. The second-order valence-corrected chi connectivity index (χ2v) is 3.21. The third-order valence-electron chi connectivity index (χ3n) is 2.10. The second-order valence-electron chi connectivity index (χ2n) is 3.21. The quantitative estimate of drug-likeness (QED) is 0.579. The Morgan fingerprint density at radius 3 is 2.36 bits per heavy atom. The number of aliphatic hydroxyl groups excluding tert-OH is 1. The molecule has 11 heavy (non-hydrogen) atoms. The fourth-order valence-electron chi connectivity index (χ4n) is 1.51. The van der Waals surface area contributed by atoms with Crippen LogP contribution in [-0.4, -0.2) is 23.2 Å². The average molecular weight is 157 g/mol. The number of carbonyl (C=O) groups is 1. The summed E-state index contributed by atoms with van der Waals surface area (Å²) in [7, 11) is 0. The van der Waals surface area contributed by atoms with Crippen molar-refractivity contribution in [2.45, 2.75) is 44.8 Å². The molecule has 0 heterocycles. The number of aliphatic hydroxyl groups is 1. The largest absolute Gasteiger partial charge is 0.393 e. The highest BCUT2D eigenvalue weighted by atomic mass is 16.3. The van der Waals surface area contributed by atoms with Gasteiger partial charge >= 0.3 is 0 Å². The van der Waals surface area contributed by atoms with E-state index in [4.69, 9.17) is 5.11 Å². The van der Waals surface area contributed by atoms with E-state index in [1.54, 1.807) is 0 Å². The number of hydrogen-bond donors (Lipinski definition) is 2. The molecule has 0 radical (unpaired) electrons. The minimum atomic E-state index is -0.139. The van der Waals surface area contributed by atoms with Gasteiger partial charge in [-0.25, -0.2) is 0 Å². The van der Waals surface area contributed by atoms with Crippen molar-refractivity contribution in [3.8, 4) is 0 Å². The van der Waals surface area contributed by atoms with Crippen molar-refractivity contribution in [1.29, 1.82) is 0 Å². The Labute approximate surface area is 66.8 Å². The summed E-state index contributed by atoms with van der Waals surface area (Å²) in [5.74, 6) is 0.0337. The van der Waals surface area contributed by atoms with Crippen molar-refractivity contribution in [3.05, 3.63) is 0 Å². The third-order valence-corrected chi connectivity index (χ3v) is 2.10. The lowest BCUT2D eigenvalue weighted by atomic mass is 9.93. The molecule has 3 heteroatoms. The molecule has 2 N–H and O–H groups in total. The van der Waals surface area contributed by atoms with Crippen LogP contribution in [0.3, 0.4) is 0 Å². The topological polar surface area (TPSA) is 49.3 Å². The standard InChI is InChI=1S/C8H15NO2/c1-6(10)9-7-2-4-8(11)5-3-7/h7-8,11H,2-5H2,1H3,(H,9,10). The summed E-state index contributed by atoms with van der Waals surface area (Å²) in [4.78, 5) is 10.6. The van der Waals surface area contributed by atoms with Crippen molar-refractivity contribution in [3.63, 3.8) is 0 Å². The Balaban J connectivity index is 2.22. The SMILES string of the molecule is CC(=O)NC1CCC(O)CC1. The number of rotatable bonds is 1. The van der Waals surface area contributed by atoms with Crippen molar-refractivity contribution in [1.82, 2.24) is 5.32 Å². The molecule has 0 aliphatic heterocycles. The smallest absolute Gasteiger partial charge is 0.217 e. The lowest BCUT2D eigenvalue weighted by Gasteiger charge is -2.25. The molecule has 0 aromatic carbocycles. The van der Waals surface area contributed by atoms with Gasteiger partial charge in [0.2, 0.25) is 5.91 Å². The van der Waals surface area contributed by atoms with Gasteiger partial charge in [-0.15, -0.1) is 0 Å². The molecule has 0 aromatic rings. The van der Waals surface area contributed by atoms with Crippen molar-refractivity contribution in [2.75, 3.05) is 0 Å². The molecule has 1 aliphatic rings. The van der Waals surface area contributed by atoms with E-state index in [1.165, 1.54) is 6.92 Å². The van der Waals surface area contributed by atoms with E-state index in [0.29, 0.717) is 6.04 Å². The normalized spacial score (nSPS) is 31.5. The highest BCUT2D eigenvalue weighted by molar-refractivity contribution is 5.73. The van der Waals surface area contributed by atoms with Crippen LogP contribution in [0.1, 0.15) is 32.6 Å². The van der Waals surface area contributed by atoms with E-state index in [2.05, 4.69) is 5.32 Å². The summed E-state index contributed by atoms with van der Waals surface area (Å²) in [6.45, 7) is 1.53. The van der Waals surface area contributed by atoms with Gasteiger partial charge in [0, 0.05) is 13.0 Å². The van der Waals surface area contributed by atoms with Crippen LogP contribution >= 0.6 is 0 Å². The maximum absolute atomic E-state index is 10.6. The van der Waals surface area contributed by atoms with Crippen LogP contribution in [0.2, 0.25) is 0 Å². The van der Waals surface area contributed by atoms with Crippen LogP contribution in [0.25, 0.3) is 0 Å². The molecule has 3 nitrogen and oxygen atoms in total. The van der Waals surface area contributed by atoms with E-state index in [-0.39, 0.29) is 12.0 Å². The predicted octanol–water partition coefficient (Wildman–Crippen LogP) is 0.426. The van der Waals surface area contributed by atoms with Gasteiger partial charge in [0.1, 0.15) is 0 Å². The number of carbonyl (C=O) groups excluding carboxylic acids is 1. The van der Waals surface area contributed by atoms with Gasteiger partial charge in [-0.1, -0.05) is 0 Å². The second kappa shape index (κ2) is 3.72. The molecular weight excluding hydrogens is 142 g/mol. The number of hydrogen-bond acceptors (Lipinski definition) is 2. The highest BCUT2D eigenvalue weighted by Crippen LogP contribution is 2.17. The van der Waals surface area contributed by atoms with Gasteiger partial charge in [0.05, 0.1) is 6.10 Å². The molecule has 0 aromatic heterocycles. The van der Waals surface area contributed by atoms with E-state index in [1.807, 2.05) is 0 Å². The molecule has 1 amide bonds. The van der Waals surface area contributed by atoms with Gasteiger partial charge in [-0.2, -0.15) is 0 Å². The minimum Gasteiger partial charge on any atom is -0.393 e. The summed E-state index contributed by atoms with van der Waals surface area (Å²) in [6.07, 6.45) is 3.34. The molecule has 1 rings (SSSR count). The van der Waals surface area contributed by atoms with Gasteiger partial charge in [0.25, 0.3) is 0 Å². The first-order valence-corrected chi connectivity index (χ1v) is 4.13. The van der Waals surface area contributed by atoms with Gasteiger partial charge < -0.3 is 10.4 Å². The first-order valence-electron chi connectivity index (χ1n) is 4.13. The van der Waals surface area contributed by atoms with Gasteiger partial charge in [-0.3, -0.25) is 4.79 Å². The highest BCUT2D eigenvalue weighted by Gasteiger charge is 2.19. The van der Waals surface area contributed by atoms with E-state index in [0.717, 1.165) is 25.7 Å². The lowest BCUT2D eigenvalue weighted by Crippen LogP contribution is -2.37. The summed E-state index contributed by atoms with van der Waals surface area (Å²) in [5, 5.41) is 12.0.